The zero-order chi connectivity index (χ0) is 19.3. The topological polar surface area (TPSA) is 87.3 Å². The molecule has 0 radical (unpaired) electrons. The molecule has 2 aliphatic rings. The molecule has 144 valence electrons. The van der Waals surface area contributed by atoms with Gasteiger partial charge in [-0.2, -0.15) is 0 Å². The molecule has 0 saturated heterocycles. The number of anilines is 1. The average molecular weight is 396 g/mol. The molecule has 1 aromatic carbocycles. The highest BCUT2D eigenvalue weighted by atomic mass is 32.1. The average Bonchev–Trinajstić information content (AvgIpc) is 3.28. The second-order valence-corrected chi connectivity index (χ2v) is 8.20. The number of aromatic amines is 1. The number of hydrogen-bond donors (Lipinski definition) is 2. The fourth-order valence-corrected chi connectivity index (χ4v) is 5.34. The van der Waals surface area contributed by atoms with Crippen molar-refractivity contribution in [3.63, 3.8) is 0 Å². The Labute approximate surface area is 165 Å². The van der Waals surface area contributed by atoms with Crippen molar-refractivity contribution < 1.29 is 9.53 Å². The lowest BCUT2D eigenvalue weighted by Gasteiger charge is -2.35. The number of H-pyrrole nitrogens is 1. The summed E-state index contributed by atoms with van der Waals surface area (Å²) < 4.78 is 5.84. The molecular formula is C20H20N4O3S. The molecular weight excluding hydrogens is 376 g/mol. The van der Waals surface area contributed by atoms with Crippen LogP contribution in [0.5, 0.6) is 5.75 Å². The Balaban J connectivity index is 1.51. The van der Waals surface area contributed by atoms with Crippen LogP contribution in [0.3, 0.4) is 0 Å². The van der Waals surface area contributed by atoms with Crippen molar-refractivity contribution in [2.75, 3.05) is 18.5 Å². The van der Waals surface area contributed by atoms with Crippen LogP contribution in [0, 0.1) is 0 Å². The summed E-state index contributed by atoms with van der Waals surface area (Å²) in [5, 5.41) is 3.40. The number of carbonyl (C=O) groups excluding carboxylic acids is 1. The number of benzene rings is 1. The summed E-state index contributed by atoms with van der Waals surface area (Å²) in [4.78, 5) is 36.7. The summed E-state index contributed by atoms with van der Waals surface area (Å²) in [6, 6.07) is 7.60. The van der Waals surface area contributed by atoms with Crippen LogP contribution in [0.2, 0.25) is 0 Å². The van der Waals surface area contributed by atoms with Gasteiger partial charge in [-0.1, -0.05) is 12.1 Å². The highest BCUT2D eigenvalue weighted by Crippen LogP contribution is 2.36. The van der Waals surface area contributed by atoms with Crippen molar-refractivity contribution in [2.45, 2.75) is 31.9 Å². The third-order valence-corrected chi connectivity index (χ3v) is 6.55. The first-order chi connectivity index (χ1) is 13.6. The Morgan fingerprint density at radius 2 is 2.25 bits per heavy atom. The van der Waals surface area contributed by atoms with Gasteiger partial charge in [-0.15, -0.1) is 11.3 Å². The van der Waals surface area contributed by atoms with Gasteiger partial charge in [0.25, 0.3) is 11.5 Å². The highest BCUT2D eigenvalue weighted by molar-refractivity contribution is 7.18. The van der Waals surface area contributed by atoms with Crippen LogP contribution in [-0.4, -0.2) is 35.6 Å². The Morgan fingerprint density at radius 1 is 1.39 bits per heavy atom. The summed E-state index contributed by atoms with van der Waals surface area (Å²) >= 11 is 1.63. The molecule has 8 heteroatoms. The first-order valence-electron chi connectivity index (χ1n) is 9.39. The molecule has 5 rings (SSSR count). The minimum absolute atomic E-state index is 0.0659. The Kier molecular flexibility index (Phi) is 4.08. The molecule has 2 N–H and O–H groups in total. The maximum Gasteiger partial charge on any atom is 0.262 e. The van der Waals surface area contributed by atoms with Crippen LogP contribution in [-0.2, 0) is 24.2 Å². The van der Waals surface area contributed by atoms with Gasteiger partial charge in [0.1, 0.15) is 16.4 Å². The quantitative estimate of drug-likeness (QED) is 0.707. The Morgan fingerprint density at radius 3 is 3.11 bits per heavy atom. The molecule has 7 nitrogen and oxygen atoms in total. The van der Waals surface area contributed by atoms with Crippen molar-refractivity contribution in [3.8, 4) is 5.75 Å². The molecule has 0 spiro atoms. The van der Waals surface area contributed by atoms with E-state index in [0.717, 1.165) is 35.2 Å². The molecule has 0 unspecified atom stereocenters. The number of para-hydroxylation sites is 2. The lowest BCUT2D eigenvalue weighted by Crippen LogP contribution is -2.48. The van der Waals surface area contributed by atoms with Gasteiger partial charge in [-0.05, 0) is 37.0 Å². The van der Waals surface area contributed by atoms with E-state index >= 15 is 0 Å². The molecule has 1 atom stereocenters. The van der Waals surface area contributed by atoms with Gasteiger partial charge in [-0.3, -0.25) is 9.59 Å². The predicted molar refractivity (Wildman–Crippen MR) is 108 cm³/mol. The van der Waals surface area contributed by atoms with E-state index in [2.05, 4.69) is 10.3 Å². The maximum atomic E-state index is 12.7. The second-order valence-electron chi connectivity index (χ2n) is 7.12. The van der Waals surface area contributed by atoms with Crippen molar-refractivity contribution in [1.82, 2.24) is 15.3 Å². The predicted octanol–water partition coefficient (Wildman–Crippen LogP) is 1.99. The minimum Gasteiger partial charge on any atom is -0.477 e. The van der Waals surface area contributed by atoms with Gasteiger partial charge in [0.2, 0.25) is 0 Å². The number of likely N-dealkylation sites (N-methyl/N-ethyl adjacent to an activating group) is 1. The summed E-state index contributed by atoms with van der Waals surface area (Å²) in [7, 11) is 1.60. The minimum atomic E-state index is -0.610. The number of aryl methyl sites for hydroxylation is 2. The number of nitrogens with one attached hydrogen (secondary N) is 2. The summed E-state index contributed by atoms with van der Waals surface area (Å²) in [5.41, 5.74) is 2.00. The van der Waals surface area contributed by atoms with Crippen LogP contribution < -0.4 is 20.5 Å². The third-order valence-electron chi connectivity index (χ3n) is 5.36. The van der Waals surface area contributed by atoms with Crippen LogP contribution in [0.15, 0.2) is 29.1 Å². The normalized spacial score (nSPS) is 17.9. The fraction of sp³-hybridized carbons (Fsp3) is 0.350. The van der Waals surface area contributed by atoms with Gasteiger partial charge in [0, 0.05) is 11.9 Å². The van der Waals surface area contributed by atoms with Gasteiger partial charge in [-0.25, -0.2) is 4.98 Å². The van der Waals surface area contributed by atoms with Crippen LogP contribution in [0.25, 0.3) is 10.2 Å². The maximum absolute atomic E-state index is 12.7. The standard InChI is InChI=1S/C20H20N4O3S/c1-21-18(25)14-9-24(12-6-2-3-7-13(12)27-14)10-16-22-19(26)17-11-5-4-8-15(11)28-20(17)23-16/h2-3,6-7,14H,4-5,8-10H2,1H3,(H,21,25)(H,22,23,26)/t14-/m1/s1. The zero-order valence-corrected chi connectivity index (χ0v) is 16.3. The monoisotopic (exact) mass is 396 g/mol. The number of thiophene rings is 1. The third kappa shape index (κ3) is 2.75. The lowest BCUT2D eigenvalue weighted by atomic mass is 10.1. The van der Waals surface area contributed by atoms with Gasteiger partial charge < -0.3 is 19.9 Å². The van der Waals surface area contributed by atoms with Crippen molar-refractivity contribution >= 4 is 33.1 Å². The van der Waals surface area contributed by atoms with E-state index in [1.807, 2.05) is 29.2 Å². The molecule has 28 heavy (non-hydrogen) atoms. The zero-order valence-electron chi connectivity index (χ0n) is 15.4. The molecule has 3 aromatic rings. The molecule has 1 aliphatic carbocycles. The molecule has 0 fully saturated rings. The van der Waals surface area contributed by atoms with Crippen molar-refractivity contribution in [3.05, 3.63) is 50.9 Å². The second kappa shape index (κ2) is 6.63. The Bertz CT molecular complexity index is 1140. The van der Waals surface area contributed by atoms with E-state index in [4.69, 9.17) is 9.72 Å². The van der Waals surface area contributed by atoms with E-state index < -0.39 is 6.10 Å². The summed E-state index contributed by atoms with van der Waals surface area (Å²) in [6.45, 7) is 0.793. The number of fused-ring (bicyclic) bond motifs is 4. The van der Waals surface area contributed by atoms with Crippen LogP contribution in [0.1, 0.15) is 22.7 Å². The molecule has 3 heterocycles. The lowest BCUT2D eigenvalue weighted by molar-refractivity contribution is -0.127. The number of rotatable bonds is 3. The SMILES string of the molecule is CNC(=O)[C@H]1CN(Cc2nc3sc4c(c3c(=O)[nH]2)CCC4)c2ccccc2O1. The summed E-state index contributed by atoms with van der Waals surface area (Å²) in [6.07, 6.45) is 2.50. The molecule has 1 amide bonds. The van der Waals surface area contributed by atoms with E-state index in [1.165, 1.54) is 10.4 Å². The van der Waals surface area contributed by atoms with Crippen molar-refractivity contribution in [1.29, 1.82) is 0 Å². The number of ether oxygens (including phenoxy) is 1. The van der Waals surface area contributed by atoms with Crippen molar-refractivity contribution in [2.24, 2.45) is 0 Å². The number of nitrogens with zero attached hydrogens (tertiary/aromatic N) is 2. The number of aromatic nitrogens is 2. The Hall–Kier alpha value is -2.87. The first kappa shape index (κ1) is 17.2. The molecule has 0 saturated carbocycles. The van der Waals surface area contributed by atoms with Crippen LogP contribution in [0.4, 0.5) is 5.69 Å². The van der Waals surface area contributed by atoms with E-state index in [-0.39, 0.29) is 11.5 Å². The summed E-state index contributed by atoms with van der Waals surface area (Å²) in [5.74, 6) is 1.08. The smallest absolute Gasteiger partial charge is 0.262 e. The van der Waals surface area contributed by atoms with E-state index in [0.29, 0.717) is 24.7 Å². The van der Waals surface area contributed by atoms with Gasteiger partial charge >= 0.3 is 0 Å². The van der Waals surface area contributed by atoms with E-state index in [9.17, 15) is 9.59 Å². The molecule has 0 bridgehead atoms. The van der Waals surface area contributed by atoms with E-state index in [1.54, 1.807) is 18.4 Å². The largest absolute Gasteiger partial charge is 0.477 e. The number of hydrogen-bond acceptors (Lipinski definition) is 6. The molecule has 2 aromatic heterocycles. The number of carbonyl (C=O) groups is 1. The van der Waals surface area contributed by atoms with Crippen LogP contribution >= 0.6 is 11.3 Å². The number of amides is 1. The fourth-order valence-electron chi connectivity index (χ4n) is 4.06. The van der Waals surface area contributed by atoms with Gasteiger partial charge in [0.15, 0.2) is 6.10 Å². The highest BCUT2D eigenvalue weighted by Gasteiger charge is 2.30. The molecule has 1 aliphatic heterocycles. The first-order valence-corrected chi connectivity index (χ1v) is 10.2. The van der Waals surface area contributed by atoms with Gasteiger partial charge in [0.05, 0.1) is 24.2 Å².